The van der Waals surface area contributed by atoms with Crippen LogP contribution in [0.4, 0.5) is 0 Å². The first kappa shape index (κ1) is 16.5. The summed E-state index contributed by atoms with van der Waals surface area (Å²) in [4.78, 5) is 3.46. The summed E-state index contributed by atoms with van der Waals surface area (Å²) in [6.07, 6.45) is 4.66. The predicted octanol–water partition coefficient (Wildman–Crippen LogP) is 2.32. The molecule has 0 unspecified atom stereocenters. The van der Waals surface area contributed by atoms with Gasteiger partial charge in [0.15, 0.2) is 0 Å². The molecule has 21 heavy (non-hydrogen) atoms. The van der Waals surface area contributed by atoms with Crippen molar-refractivity contribution >= 4 is 10.0 Å². The smallest absolute Gasteiger partial charge is 0.244 e. The summed E-state index contributed by atoms with van der Waals surface area (Å²) in [5, 5.41) is 3.27. The predicted molar refractivity (Wildman–Crippen MR) is 84.5 cm³/mol. The first-order valence-electron chi connectivity index (χ1n) is 7.85. The molecule has 2 rings (SSSR count). The van der Waals surface area contributed by atoms with Crippen LogP contribution >= 0.6 is 0 Å². The van der Waals surface area contributed by atoms with Crippen molar-refractivity contribution in [2.45, 2.75) is 57.5 Å². The summed E-state index contributed by atoms with van der Waals surface area (Å²) in [6.45, 7) is 8.43. The van der Waals surface area contributed by atoms with Crippen molar-refractivity contribution in [3.05, 3.63) is 18.0 Å². The maximum atomic E-state index is 12.8. The first-order chi connectivity index (χ1) is 9.95. The lowest BCUT2D eigenvalue weighted by Gasteiger charge is -2.23. The Balaban J connectivity index is 2.10. The van der Waals surface area contributed by atoms with Crippen LogP contribution in [0.25, 0.3) is 0 Å². The fourth-order valence-electron chi connectivity index (χ4n) is 2.37. The minimum atomic E-state index is -3.37. The Hall–Kier alpha value is -0.850. The highest BCUT2D eigenvalue weighted by Gasteiger charge is 2.38. The minimum Gasteiger partial charge on any atom is -0.363 e. The lowest BCUT2D eigenvalue weighted by Crippen LogP contribution is -2.35. The maximum absolute atomic E-state index is 12.8. The highest BCUT2D eigenvalue weighted by atomic mass is 32.2. The average Bonchev–Trinajstić information content (AvgIpc) is 3.14. The molecule has 120 valence electrons. The van der Waals surface area contributed by atoms with Gasteiger partial charge in [-0.3, -0.25) is 0 Å². The van der Waals surface area contributed by atoms with Crippen molar-refractivity contribution in [2.24, 2.45) is 5.92 Å². The second-order valence-electron chi connectivity index (χ2n) is 6.24. The molecule has 1 aromatic rings. The molecule has 0 amide bonds. The van der Waals surface area contributed by atoms with E-state index in [4.69, 9.17) is 0 Å². The molecule has 1 aliphatic rings. The number of rotatable bonds is 9. The van der Waals surface area contributed by atoms with E-state index in [1.54, 1.807) is 16.6 Å². The van der Waals surface area contributed by atoms with Gasteiger partial charge in [0, 0.05) is 31.0 Å². The lowest BCUT2D eigenvalue weighted by molar-refractivity contribution is 0.360. The van der Waals surface area contributed by atoms with Crippen LogP contribution in [0.2, 0.25) is 0 Å². The fraction of sp³-hybridized carbons (Fsp3) is 0.733. The zero-order chi connectivity index (χ0) is 15.5. The van der Waals surface area contributed by atoms with Crippen molar-refractivity contribution < 1.29 is 8.42 Å². The second-order valence-corrected chi connectivity index (χ2v) is 8.13. The van der Waals surface area contributed by atoms with Gasteiger partial charge in [-0.05, 0) is 37.8 Å². The van der Waals surface area contributed by atoms with E-state index in [9.17, 15) is 8.42 Å². The van der Waals surface area contributed by atoms with Crippen LogP contribution in [0.1, 0.15) is 45.7 Å². The second kappa shape index (κ2) is 6.94. The van der Waals surface area contributed by atoms with Crippen molar-refractivity contribution in [1.82, 2.24) is 14.6 Å². The van der Waals surface area contributed by atoms with Gasteiger partial charge in [0.1, 0.15) is 0 Å². The first-order valence-corrected chi connectivity index (χ1v) is 9.29. The van der Waals surface area contributed by atoms with E-state index in [1.165, 1.54) is 0 Å². The Kier molecular flexibility index (Phi) is 5.46. The van der Waals surface area contributed by atoms with Crippen LogP contribution in [0.15, 0.2) is 17.2 Å². The van der Waals surface area contributed by atoms with E-state index in [1.807, 2.05) is 0 Å². The zero-order valence-corrected chi connectivity index (χ0v) is 14.0. The van der Waals surface area contributed by atoms with Gasteiger partial charge in [0.2, 0.25) is 10.0 Å². The van der Waals surface area contributed by atoms with E-state index in [0.29, 0.717) is 23.9 Å². The Morgan fingerprint density at radius 1 is 1.43 bits per heavy atom. The normalized spacial score (nSPS) is 16.0. The summed E-state index contributed by atoms with van der Waals surface area (Å²) in [5.74, 6) is 0.338. The topological polar surface area (TPSA) is 65.2 Å². The van der Waals surface area contributed by atoms with Crippen molar-refractivity contribution in [3.8, 4) is 0 Å². The number of aromatic amines is 1. The van der Waals surface area contributed by atoms with Gasteiger partial charge in [-0.15, -0.1) is 0 Å². The molecule has 1 aliphatic carbocycles. The molecule has 0 atom stereocenters. The van der Waals surface area contributed by atoms with E-state index in [2.05, 4.69) is 31.1 Å². The quantitative estimate of drug-likeness (QED) is 0.688. The Labute approximate surface area is 128 Å². The standard InChI is InChI=1S/C15H27N3O2S/c1-4-7-16-9-13-8-15(10-17-13)21(19,20)18(11-12(2)3)14-5-6-14/h8,10,12,14,16-17H,4-7,9,11H2,1-3H3. The molecule has 1 heterocycles. The summed E-state index contributed by atoms with van der Waals surface area (Å²) < 4.78 is 27.2. The van der Waals surface area contributed by atoms with Crippen LogP contribution in [0, 0.1) is 5.92 Å². The van der Waals surface area contributed by atoms with Gasteiger partial charge >= 0.3 is 0 Å². The molecule has 1 saturated carbocycles. The molecule has 1 aromatic heterocycles. The molecule has 2 N–H and O–H groups in total. The van der Waals surface area contributed by atoms with E-state index in [-0.39, 0.29) is 6.04 Å². The Bertz CT molecular complexity index is 547. The Morgan fingerprint density at radius 3 is 2.71 bits per heavy atom. The van der Waals surface area contributed by atoms with Crippen LogP contribution in [-0.2, 0) is 16.6 Å². The highest BCUT2D eigenvalue weighted by Crippen LogP contribution is 2.32. The molecular formula is C15H27N3O2S. The molecule has 6 heteroatoms. The van der Waals surface area contributed by atoms with Gasteiger partial charge in [-0.25, -0.2) is 8.42 Å². The minimum absolute atomic E-state index is 0.203. The number of H-pyrrole nitrogens is 1. The molecule has 0 bridgehead atoms. The van der Waals surface area contributed by atoms with Gasteiger partial charge in [0.25, 0.3) is 0 Å². The number of nitrogens with one attached hydrogen (secondary N) is 2. The molecule has 0 aromatic carbocycles. The van der Waals surface area contributed by atoms with Gasteiger partial charge in [-0.1, -0.05) is 20.8 Å². The van der Waals surface area contributed by atoms with Crippen LogP contribution in [0.5, 0.6) is 0 Å². The van der Waals surface area contributed by atoms with Gasteiger partial charge in [0.05, 0.1) is 4.90 Å². The third-order valence-electron chi connectivity index (χ3n) is 3.56. The summed E-state index contributed by atoms with van der Waals surface area (Å²) in [7, 11) is -3.37. The number of hydrogen-bond donors (Lipinski definition) is 2. The SMILES string of the molecule is CCCNCc1cc(S(=O)(=O)N(CC(C)C)C2CC2)c[nH]1. The molecule has 1 fully saturated rings. The number of hydrogen-bond acceptors (Lipinski definition) is 3. The van der Waals surface area contributed by atoms with E-state index in [0.717, 1.165) is 31.5 Å². The van der Waals surface area contributed by atoms with E-state index >= 15 is 0 Å². The molecule has 0 saturated heterocycles. The van der Waals surface area contributed by atoms with Crippen LogP contribution in [0.3, 0.4) is 0 Å². The summed E-state index contributed by atoms with van der Waals surface area (Å²) in [5.41, 5.74) is 0.919. The molecule has 5 nitrogen and oxygen atoms in total. The van der Waals surface area contributed by atoms with Crippen molar-refractivity contribution in [1.29, 1.82) is 0 Å². The summed E-state index contributed by atoms with van der Waals surface area (Å²) >= 11 is 0. The number of nitrogens with zero attached hydrogens (tertiary/aromatic N) is 1. The number of aromatic nitrogens is 1. The highest BCUT2D eigenvalue weighted by molar-refractivity contribution is 7.89. The monoisotopic (exact) mass is 313 g/mol. The largest absolute Gasteiger partial charge is 0.363 e. The molecule has 0 aliphatic heterocycles. The van der Waals surface area contributed by atoms with Crippen LogP contribution in [-0.4, -0.2) is 36.8 Å². The van der Waals surface area contributed by atoms with Crippen molar-refractivity contribution in [3.63, 3.8) is 0 Å². The molecular weight excluding hydrogens is 286 g/mol. The third-order valence-corrected chi connectivity index (χ3v) is 5.46. The average molecular weight is 313 g/mol. The fourth-order valence-corrected chi connectivity index (χ4v) is 4.24. The molecule has 0 spiro atoms. The Morgan fingerprint density at radius 2 is 2.14 bits per heavy atom. The van der Waals surface area contributed by atoms with Gasteiger partial charge < -0.3 is 10.3 Å². The maximum Gasteiger partial charge on any atom is 0.244 e. The third kappa shape index (κ3) is 4.31. The zero-order valence-electron chi connectivity index (χ0n) is 13.2. The van der Waals surface area contributed by atoms with E-state index < -0.39 is 10.0 Å². The lowest BCUT2D eigenvalue weighted by atomic mass is 10.2. The number of sulfonamides is 1. The summed E-state index contributed by atoms with van der Waals surface area (Å²) in [6, 6.07) is 1.96. The van der Waals surface area contributed by atoms with Crippen molar-refractivity contribution in [2.75, 3.05) is 13.1 Å². The molecule has 0 radical (unpaired) electrons. The van der Waals surface area contributed by atoms with Gasteiger partial charge in [-0.2, -0.15) is 4.31 Å². The van der Waals surface area contributed by atoms with Crippen LogP contribution < -0.4 is 5.32 Å².